The minimum atomic E-state index is -0.138. The number of aromatic nitrogens is 1. The van der Waals surface area contributed by atoms with E-state index in [0.29, 0.717) is 11.3 Å². The smallest absolute Gasteiger partial charge is 0.270 e. The normalized spacial score (nSPS) is 16.8. The van der Waals surface area contributed by atoms with E-state index < -0.39 is 0 Å². The van der Waals surface area contributed by atoms with Gasteiger partial charge in [-0.1, -0.05) is 12.1 Å². The first-order valence-electron chi connectivity index (χ1n) is 13.9. The van der Waals surface area contributed by atoms with Crippen molar-refractivity contribution in [3.63, 3.8) is 0 Å². The number of benzene rings is 2. The van der Waals surface area contributed by atoms with Gasteiger partial charge in [0, 0.05) is 50.2 Å². The van der Waals surface area contributed by atoms with Gasteiger partial charge in [-0.05, 0) is 79.8 Å². The molecule has 2 aromatic carbocycles. The number of ether oxygens (including phenoxy) is 1. The van der Waals surface area contributed by atoms with Crippen LogP contribution >= 0.6 is 0 Å². The van der Waals surface area contributed by atoms with E-state index in [0.717, 1.165) is 75.4 Å². The molecule has 3 heterocycles. The van der Waals surface area contributed by atoms with Crippen molar-refractivity contribution in [2.24, 2.45) is 5.92 Å². The molecule has 206 valence electrons. The van der Waals surface area contributed by atoms with Crippen LogP contribution in [0.5, 0.6) is 5.75 Å². The van der Waals surface area contributed by atoms with Crippen LogP contribution in [-0.4, -0.2) is 60.9 Å². The summed E-state index contributed by atoms with van der Waals surface area (Å²) in [5.74, 6) is 0.809. The van der Waals surface area contributed by atoms with E-state index in [4.69, 9.17) is 10.00 Å². The molecule has 0 atom stereocenters. The first-order valence-corrected chi connectivity index (χ1v) is 13.9. The highest BCUT2D eigenvalue weighted by molar-refractivity contribution is 5.98. The fourth-order valence-corrected chi connectivity index (χ4v) is 5.54. The van der Waals surface area contributed by atoms with E-state index in [-0.39, 0.29) is 23.7 Å². The third-order valence-corrected chi connectivity index (χ3v) is 8.00. The molecule has 0 radical (unpaired) electrons. The SMILES string of the molecule is COc1ccc(C(=O)C2CCN(c3ccc(C(=O)NC4CCN(Cc5ccc(C#N)cc5)CC4)nc3)CC2)cc1. The first kappa shape index (κ1) is 27.4. The van der Waals surface area contributed by atoms with E-state index in [1.165, 1.54) is 5.56 Å². The Bertz CT molecular complexity index is 1330. The molecule has 3 aromatic rings. The second-order valence-electron chi connectivity index (χ2n) is 10.6. The Morgan fingerprint density at radius 3 is 2.25 bits per heavy atom. The van der Waals surface area contributed by atoms with Crippen LogP contribution in [0.1, 0.15) is 57.7 Å². The lowest BCUT2D eigenvalue weighted by Gasteiger charge is -2.33. The van der Waals surface area contributed by atoms with Crippen molar-refractivity contribution in [3.8, 4) is 11.8 Å². The fourth-order valence-electron chi connectivity index (χ4n) is 5.54. The Hall–Kier alpha value is -4.22. The minimum Gasteiger partial charge on any atom is -0.497 e. The van der Waals surface area contributed by atoms with Gasteiger partial charge in [-0.3, -0.25) is 14.5 Å². The van der Waals surface area contributed by atoms with Crippen molar-refractivity contribution in [3.05, 3.63) is 89.2 Å². The van der Waals surface area contributed by atoms with Gasteiger partial charge in [0.25, 0.3) is 5.91 Å². The van der Waals surface area contributed by atoms with E-state index in [1.807, 2.05) is 54.6 Å². The van der Waals surface area contributed by atoms with Crippen LogP contribution in [0.2, 0.25) is 0 Å². The molecule has 5 rings (SSSR count). The molecule has 1 aromatic heterocycles. The number of likely N-dealkylation sites (tertiary alicyclic amines) is 1. The van der Waals surface area contributed by atoms with Gasteiger partial charge < -0.3 is 15.0 Å². The van der Waals surface area contributed by atoms with Gasteiger partial charge in [-0.15, -0.1) is 0 Å². The molecule has 1 N–H and O–H groups in total. The Labute approximate surface area is 235 Å². The molecule has 2 saturated heterocycles. The van der Waals surface area contributed by atoms with Crippen molar-refractivity contribution >= 4 is 17.4 Å². The number of piperidine rings is 2. The number of hydrogen-bond donors (Lipinski definition) is 1. The van der Waals surface area contributed by atoms with E-state index >= 15 is 0 Å². The molecular weight excluding hydrogens is 502 g/mol. The van der Waals surface area contributed by atoms with E-state index in [9.17, 15) is 9.59 Å². The number of pyridine rings is 1. The fraction of sp³-hybridized carbons (Fsp3) is 0.375. The summed E-state index contributed by atoms with van der Waals surface area (Å²) in [6.07, 6.45) is 5.13. The van der Waals surface area contributed by atoms with Crippen LogP contribution in [0.15, 0.2) is 66.9 Å². The van der Waals surface area contributed by atoms with Crippen molar-refractivity contribution in [2.45, 2.75) is 38.3 Å². The molecule has 8 nitrogen and oxygen atoms in total. The second kappa shape index (κ2) is 12.8. The van der Waals surface area contributed by atoms with E-state index in [1.54, 1.807) is 19.4 Å². The Morgan fingerprint density at radius 1 is 0.950 bits per heavy atom. The van der Waals surface area contributed by atoms with Crippen LogP contribution in [-0.2, 0) is 6.54 Å². The van der Waals surface area contributed by atoms with Crippen LogP contribution in [0.3, 0.4) is 0 Å². The summed E-state index contributed by atoms with van der Waals surface area (Å²) in [6.45, 7) is 4.23. The number of carbonyl (C=O) groups excluding carboxylic acids is 2. The zero-order valence-corrected chi connectivity index (χ0v) is 22.9. The number of amides is 1. The lowest BCUT2D eigenvalue weighted by molar-refractivity contribution is 0.0893. The number of nitrogens with one attached hydrogen (secondary N) is 1. The molecule has 2 aliphatic heterocycles. The van der Waals surface area contributed by atoms with Crippen LogP contribution in [0.25, 0.3) is 0 Å². The highest BCUT2D eigenvalue weighted by Gasteiger charge is 2.27. The number of Topliss-reactive ketones (excluding diaryl/α,β-unsaturated/α-hetero) is 1. The number of ketones is 1. The summed E-state index contributed by atoms with van der Waals surface area (Å²) in [5.41, 5.74) is 4.00. The largest absolute Gasteiger partial charge is 0.497 e. The Morgan fingerprint density at radius 2 is 1.65 bits per heavy atom. The Balaban J connectivity index is 1.06. The molecule has 0 unspecified atom stereocenters. The number of methoxy groups -OCH3 is 1. The quantitative estimate of drug-likeness (QED) is 0.424. The lowest BCUT2D eigenvalue weighted by atomic mass is 9.88. The average Bonchev–Trinajstić information content (AvgIpc) is 3.02. The number of nitriles is 1. The highest BCUT2D eigenvalue weighted by atomic mass is 16.5. The molecule has 2 aliphatic rings. The maximum Gasteiger partial charge on any atom is 0.270 e. The summed E-state index contributed by atoms with van der Waals surface area (Å²) in [5, 5.41) is 12.1. The second-order valence-corrected chi connectivity index (χ2v) is 10.6. The first-order chi connectivity index (χ1) is 19.5. The standard InChI is InChI=1S/C32H35N5O3/c1-40-29-9-6-25(7-10-29)31(38)26-12-18-37(19-13-26)28-8-11-30(34-21-28)32(39)35-27-14-16-36(17-15-27)22-24-4-2-23(20-33)3-5-24/h2-11,21,26-27H,12-19,22H2,1H3,(H,35,39). The van der Waals surface area contributed by atoms with Gasteiger partial charge in [0.15, 0.2) is 5.78 Å². The molecular formula is C32H35N5O3. The molecule has 0 saturated carbocycles. The average molecular weight is 538 g/mol. The molecule has 2 fully saturated rings. The van der Waals surface area contributed by atoms with Gasteiger partial charge in [0.05, 0.1) is 30.6 Å². The third kappa shape index (κ3) is 6.67. The predicted octanol–water partition coefficient (Wildman–Crippen LogP) is 4.46. The van der Waals surface area contributed by atoms with Crippen molar-refractivity contribution in [1.82, 2.24) is 15.2 Å². The Kier molecular flexibility index (Phi) is 8.72. The van der Waals surface area contributed by atoms with Gasteiger partial charge in [0.1, 0.15) is 11.4 Å². The molecule has 0 spiro atoms. The summed E-state index contributed by atoms with van der Waals surface area (Å²) < 4.78 is 5.19. The van der Waals surface area contributed by atoms with Crippen LogP contribution < -0.4 is 15.0 Å². The molecule has 0 aliphatic carbocycles. The molecule has 8 heteroatoms. The number of rotatable bonds is 8. The van der Waals surface area contributed by atoms with Crippen LogP contribution in [0.4, 0.5) is 5.69 Å². The summed E-state index contributed by atoms with van der Waals surface area (Å²) in [4.78, 5) is 34.8. The monoisotopic (exact) mass is 537 g/mol. The topological polar surface area (TPSA) is 98.6 Å². The third-order valence-electron chi connectivity index (χ3n) is 8.00. The maximum atomic E-state index is 12.9. The zero-order valence-electron chi connectivity index (χ0n) is 22.9. The number of anilines is 1. The van der Waals surface area contributed by atoms with Gasteiger partial charge >= 0.3 is 0 Å². The number of carbonyl (C=O) groups is 2. The van der Waals surface area contributed by atoms with Crippen molar-refractivity contribution in [1.29, 1.82) is 5.26 Å². The zero-order chi connectivity index (χ0) is 27.9. The van der Waals surface area contributed by atoms with Gasteiger partial charge in [-0.25, -0.2) is 4.98 Å². The molecule has 0 bridgehead atoms. The summed E-state index contributed by atoms with van der Waals surface area (Å²) in [7, 11) is 1.62. The molecule has 1 amide bonds. The minimum absolute atomic E-state index is 0.0122. The lowest BCUT2D eigenvalue weighted by Crippen LogP contribution is -2.44. The summed E-state index contributed by atoms with van der Waals surface area (Å²) >= 11 is 0. The van der Waals surface area contributed by atoms with Crippen molar-refractivity contribution < 1.29 is 14.3 Å². The van der Waals surface area contributed by atoms with E-state index in [2.05, 4.69) is 26.2 Å². The maximum absolute atomic E-state index is 12.9. The summed E-state index contributed by atoms with van der Waals surface area (Å²) in [6, 6.07) is 21.1. The molecule has 40 heavy (non-hydrogen) atoms. The van der Waals surface area contributed by atoms with Crippen LogP contribution in [0, 0.1) is 17.2 Å². The van der Waals surface area contributed by atoms with Gasteiger partial charge in [-0.2, -0.15) is 5.26 Å². The van der Waals surface area contributed by atoms with Crippen molar-refractivity contribution in [2.75, 3.05) is 38.2 Å². The van der Waals surface area contributed by atoms with Gasteiger partial charge in [0.2, 0.25) is 0 Å². The number of nitrogens with zero attached hydrogens (tertiary/aromatic N) is 4. The number of hydrogen-bond acceptors (Lipinski definition) is 7. The predicted molar refractivity (Wildman–Crippen MR) is 153 cm³/mol. The highest BCUT2D eigenvalue weighted by Crippen LogP contribution is 2.26.